The third-order valence-corrected chi connectivity index (χ3v) is 3.13. The van der Waals surface area contributed by atoms with Crippen molar-refractivity contribution in [3.63, 3.8) is 0 Å². The molecule has 4 nitrogen and oxygen atoms in total. The van der Waals surface area contributed by atoms with Gasteiger partial charge in [0.15, 0.2) is 0 Å². The Balaban J connectivity index is 3.81. The van der Waals surface area contributed by atoms with E-state index in [0.29, 0.717) is 6.42 Å². The van der Waals surface area contributed by atoms with Gasteiger partial charge in [-0.1, -0.05) is 92.0 Å². The molecule has 4 heteroatoms. The van der Waals surface area contributed by atoms with E-state index in [9.17, 15) is 14.9 Å². The quantitative estimate of drug-likeness (QED) is 0.176. The fraction of sp³-hybridized carbons (Fsp3) is 0.318. The Morgan fingerprint density at radius 2 is 1.23 bits per heavy atom. The predicted molar refractivity (Wildman–Crippen MR) is 109 cm³/mol. The first kappa shape index (κ1) is 23.2. The smallest absolute Gasteiger partial charge is 0.281 e. The molecule has 0 aliphatic heterocycles. The number of rotatable bonds is 14. The minimum atomic E-state index is -1.26. The van der Waals surface area contributed by atoms with Gasteiger partial charge in [-0.2, -0.15) is 0 Å². The first-order chi connectivity index (χ1) is 12.7. The summed E-state index contributed by atoms with van der Waals surface area (Å²) in [6, 6.07) is -1.26. The van der Waals surface area contributed by atoms with E-state index in [-0.39, 0.29) is 6.42 Å². The monoisotopic (exact) mass is 354 g/mol. The van der Waals surface area contributed by atoms with Crippen LogP contribution < -0.4 is 0 Å². The van der Waals surface area contributed by atoms with Crippen molar-refractivity contribution in [3.05, 3.63) is 95.2 Å². The highest BCUT2D eigenvalue weighted by molar-refractivity contribution is 5.56. The zero-order chi connectivity index (χ0) is 19.3. The van der Waals surface area contributed by atoms with Crippen molar-refractivity contribution < 1.29 is 9.72 Å². The lowest BCUT2D eigenvalue weighted by Gasteiger charge is -1.95. The SMILES string of the molecule is CC/C=C/C/C=C/C/C=C/C=C/C=C/C=C/C/C=C/CC([C]=O)[N+](=O)[O-]. The van der Waals surface area contributed by atoms with Crippen LogP contribution in [-0.4, -0.2) is 17.3 Å². The summed E-state index contributed by atoms with van der Waals surface area (Å²) in [6.07, 6.45) is 32.9. The molecule has 0 saturated carbocycles. The van der Waals surface area contributed by atoms with E-state index < -0.39 is 11.0 Å². The largest absolute Gasteiger partial charge is 0.283 e. The number of nitro groups is 1. The Hall–Kier alpha value is -2.75. The molecule has 1 atom stereocenters. The maximum atomic E-state index is 10.4. The minimum Gasteiger partial charge on any atom is -0.283 e. The number of allylic oxidation sites excluding steroid dienone is 13. The fourth-order valence-corrected chi connectivity index (χ4v) is 1.76. The highest BCUT2D eigenvalue weighted by atomic mass is 16.6. The molecule has 0 bridgehead atoms. The maximum Gasteiger partial charge on any atom is 0.281 e. The summed E-state index contributed by atoms with van der Waals surface area (Å²) in [5.41, 5.74) is 0. The fourth-order valence-electron chi connectivity index (χ4n) is 1.76. The lowest BCUT2D eigenvalue weighted by Crippen LogP contribution is -2.19. The molecule has 1 radical (unpaired) electrons. The molecule has 139 valence electrons. The molecular weight excluding hydrogens is 326 g/mol. The number of hydrogen-bond acceptors (Lipinski definition) is 3. The molecule has 0 aromatic carbocycles. The Bertz CT molecular complexity index is 578. The highest BCUT2D eigenvalue weighted by Crippen LogP contribution is 1.97. The lowest BCUT2D eigenvalue weighted by atomic mass is 10.2. The van der Waals surface area contributed by atoms with E-state index in [1.54, 1.807) is 12.2 Å². The van der Waals surface area contributed by atoms with Gasteiger partial charge in [-0.3, -0.25) is 14.9 Å². The Morgan fingerprint density at radius 1 is 0.769 bits per heavy atom. The predicted octanol–water partition coefficient (Wildman–Crippen LogP) is 5.61. The van der Waals surface area contributed by atoms with Crippen molar-refractivity contribution in [1.29, 1.82) is 0 Å². The van der Waals surface area contributed by atoms with Crippen molar-refractivity contribution >= 4 is 6.29 Å². The lowest BCUT2D eigenvalue weighted by molar-refractivity contribution is -0.501. The van der Waals surface area contributed by atoms with Crippen molar-refractivity contribution in [2.24, 2.45) is 0 Å². The molecule has 0 aromatic rings. The summed E-state index contributed by atoms with van der Waals surface area (Å²) >= 11 is 0. The van der Waals surface area contributed by atoms with E-state index in [2.05, 4.69) is 37.3 Å². The molecule has 0 rings (SSSR count). The second-order valence-electron chi connectivity index (χ2n) is 5.31. The zero-order valence-corrected chi connectivity index (χ0v) is 15.4. The van der Waals surface area contributed by atoms with Crippen molar-refractivity contribution in [2.75, 3.05) is 0 Å². The Labute approximate surface area is 156 Å². The molecule has 1 unspecified atom stereocenters. The number of carbonyl (C=O) groups excluding carboxylic acids is 1. The van der Waals surface area contributed by atoms with Gasteiger partial charge in [0.2, 0.25) is 0 Å². The van der Waals surface area contributed by atoms with Crippen LogP contribution in [0.15, 0.2) is 85.1 Å². The van der Waals surface area contributed by atoms with E-state index in [1.165, 1.54) is 6.29 Å². The van der Waals surface area contributed by atoms with Crippen LogP contribution >= 0.6 is 0 Å². The molecule has 0 aliphatic carbocycles. The normalized spacial score (nSPS) is 14.3. The standard InChI is InChI=1S/C22H28NO3/c1-2-3-4-5-6-7-8-9-10-11-12-13-14-15-16-17-18-19-20-22(21-24)23(25)26/h3-4,6-7,9-16,18-19,22H,2,5,8,17,20H2,1H3/b4-3+,7-6+,10-9+,12-11+,14-13+,16-15+,19-18+. The van der Waals surface area contributed by atoms with E-state index in [1.807, 2.05) is 42.5 Å². The maximum absolute atomic E-state index is 10.4. The zero-order valence-electron chi connectivity index (χ0n) is 15.4. The average molecular weight is 354 g/mol. The van der Waals surface area contributed by atoms with Crippen LogP contribution in [0.25, 0.3) is 0 Å². The summed E-state index contributed by atoms with van der Waals surface area (Å²) in [4.78, 5) is 20.1. The van der Waals surface area contributed by atoms with Gasteiger partial charge in [0.25, 0.3) is 12.3 Å². The molecule has 26 heavy (non-hydrogen) atoms. The summed E-state index contributed by atoms with van der Waals surface area (Å²) in [6.45, 7) is 2.13. The molecule has 0 aliphatic rings. The first-order valence-electron chi connectivity index (χ1n) is 8.83. The van der Waals surface area contributed by atoms with Crippen LogP contribution in [0.4, 0.5) is 0 Å². The minimum absolute atomic E-state index is 0.0832. The third-order valence-electron chi connectivity index (χ3n) is 3.13. The Morgan fingerprint density at radius 3 is 1.73 bits per heavy atom. The van der Waals surface area contributed by atoms with Gasteiger partial charge in [0, 0.05) is 11.3 Å². The summed E-state index contributed by atoms with van der Waals surface area (Å²) in [5.74, 6) is 0. The third kappa shape index (κ3) is 16.1. The van der Waals surface area contributed by atoms with Crippen molar-refractivity contribution in [3.8, 4) is 0 Å². The van der Waals surface area contributed by atoms with Crippen LogP contribution in [0.5, 0.6) is 0 Å². The topological polar surface area (TPSA) is 60.2 Å². The molecule has 0 saturated heterocycles. The summed E-state index contributed by atoms with van der Waals surface area (Å²) < 4.78 is 0. The first-order valence-corrected chi connectivity index (χ1v) is 8.83. The Kier molecular flexibility index (Phi) is 16.6. The van der Waals surface area contributed by atoms with Crippen LogP contribution in [0, 0.1) is 10.1 Å². The van der Waals surface area contributed by atoms with Gasteiger partial charge in [0.1, 0.15) is 0 Å². The molecule has 0 aromatic heterocycles. The van der Waals surface area contributed by atoms with Crippen LogP contribution in [0.1, 0.15) is 39.0 Å². The van der Waals surface area contributed by atoms with Crippen molar-refractivity contribution in [1.82, 2.24) is 0 Å². The number of nitrogens with zero attached hydrogens (tertiary/aromatic N) is 1. The van der Waals surface area contributed by atoms with Crippen LogP contribution in [0.3, 0.4) is 0 Å². The van der Waals surface area contributed by atoms with Gasteiger partial charge >= 0.3 is 0 Å². The van der Waals surface area contributed by atoms with Gasteiger partial charge in [-0.05, 0) is 25.7 Å². The molecule has 0 N–H and O–H groups in total. The highest BCUT2D eigenvalue weighted by Gasteiger charge is 2.17. The second kappa shape index (κ2) is 18.6. The van der Waals surface area contributed by atoms with Gasteiger partial charge in [0.05, 0.1) is 0 Å². The van der Waals surface area contributed by atoms with Gasteiger partial charge in [-0.15, -0.1) is 0 Å². The molecule has 0 fully saturated rings. The molecule has 0 amide bonds. The number of hydrogen-bond donors (Lipinski definition) is 0. The van der Waals surface area contributed by atoms with Gasteiger partial charge in [-0.25, -0.2) is 0 Å². The molecule has 0 spiro atoms. The molecule has 0 heterocycles. The summed E-state index contributed by atoms with van der Waals surface area (Å²) in [7, 11) is 0. The van der Waals surface area contributed by atoms with Crippen LogP contribution in [-0.2, 0) is 4.79 Å². The van der Waals surface area contributed by atoms with E-state index >= 15 is 0 Å². The molecular formula is C22H28NO3. The van der Waals surface area contributed by atoms with Crippen molar-refractivity contribution in [2.45, 2.75) is 45.1 Å². The average Bonchev–Trinajstić information content (AvgIpc) is 2.63. The second-order valence-corrected chi connectivity index (χ2v) is 5.31. The van der Waals surface area contributed by atoms with Crippen LogP contribution in [0.2, 0.25) is 0 Å². The van der Waals surface area contributed by atoms with E-state index in [4.69, 9.17) is 0 Å². The summed E-state index contributed by atoms with van der Waals surface area (Å²) in [5, 5.41) is 10.4. The van der Waals surface area contributed by atoms with Gasteiger partial charge < -0.3 is 0 Å². The van der Waals surface area contributed by atoms with E-state index in [0.717, 1.165) is 19.3 Å².